The minimum Gasteiger partial charge on any atom is -0.310 e. The molecule has 0 atom stereocenters. The lowest BCUT2D eigenvalue weighted by atomic mass is 10.0. The molecule has 0 radical (unpaired) electrons. The van der Waals surface area contributed by atoms with Gasteiger partial charge in [-0.25, -0.2) is 0 Å². The maximum Gasteiger partial charge on any atom is 0.0208 e. The van der Waals surface area contributed by atoms with Gasteiger partial charge in [0.1, 0.15) is 0 Å². The van der Waals surface area contributed by atoms with Crippen molar-refractivity contribution < 1.29 is 0 Å². The highest BCUT2D eigenvalue weighted by Gasteiger charge is 2.31. The first-order valence-corrected chi connectivity index (χ1v) is 8.24. The third-order valence-electron chi connectivity index (χ3n) is 4.41. The van der Waals surface area contributed by atoms with E-state index in [4.69, 9.17) is 0 Å². The molecule has 2 aliphatic rings. The molecular weight excluding hydrogens is 300 g/mol. The summed E-state index contributed by atoms with van der Waals surface area (Å²) < 4.78 is 1.20. The van der Waals surface area contributed by atoms with Crippen LogP contribution < -0.4 is 5.32 Å². The van der Waals surface area contributed by atoms with E-state index in [1.165, 1.54) is 54.4 Å². The molecule has 3 heteroatoms. The van der Waals surface area contributed by atoms with Gasteiger partial charge in [0, 0.05) is 23.1 Å². The van der Waals surface area contributed by atoms with E-state index in [-0.39, 0.29) is 0 Å². The molecule has 1 heterocycles. The Morgan fingerprint density at radius 1 is 1.21 bits per heavy atom. The Kier molecular flexibility index (Phi) is 4.25. The van der Waals surface area contributed by atoms with E-state index in [0.717, 1.165) is 12.6 Å². The van der Waals surface area contributed by atoms with E-state index < -0.39 is 0 Å². The lowest BCUT2D eigenvalue weighted by Crippen LogP contribution is -2.43. The summed E-state index contributed by atoms with van der Waals surface area (Å²) in [5.41, 5.74) is 2.72. The Labute approximate surface area is 124 Å². The first-order chi connectivity index (χ1) is 9.22. The Morgan fingerprint density at radius 3 is 2.58 bits per heavy atom. The SMILES string of the molecule is Cc1cc(CNC2CCN(C3CC3)CC2)ccc1Br. The summed E-state index contributed by atoms with van der Waals surface area (Å²) in [6.45, 7) is 5.74. The van der Waals surface area contributed by atoms with E-state index >= 15 is 0 Å². The van der Waals surface area contributed by atoms with Crippen LogP contribution in [0.15, 0.2) is 22.7 Å². The maximum absolute atomic E-state index is 3.72. The molecule has 2 fully saturated rings. The van der Waals surface area contributed by atoms with Crippen LogP contribution in [-0.2, 0) is 6.54 Å². The fourth-order valence-electron chi connectivity index (χ4n) is 2.99. The molecule has 1 saturated heterocycles. The molecule has 0 amide bonds. The van der Waals surface area contributed by atoms with Crippen molar-refractivity contribution >= 4 is 15.9 Å². The number of hydrogen-bond acceptors (Lipinski definition) is 2. The van der Waals surface area contributed by atoms with Gasteiger partial charge in [-0.3, -0.25) is 0 Å². The van der Waals surface area contributed by atoms with E-state index in [0.29, 0.717) is 6.04 Å². The predicted molar refractivity (Wildman–Crippen MR) is 83.3 cm³/mol. The largest absolute Gasteiger partial charge is 0.310 e. The minimum atomic E-state index is 0.707. The zero-order chi connectivity index (χ0) is 13.2. The number of rotatable bonds is 4. The van der Waals surface area contributed by atoms with Crippen LogP contribution in [-0.4, -0.2) is 30.1 Å². The van der Waals surface area contributed by atoms with Crippen molar-refractivity contribution in [3.05, 3.63) is 33.8 Å². The van der Waals surface area contributed by atoms with E-state index in [1.54, 1.807) is 0 Å². The van der Waals surface area contributed by atoms with Crippen LogP contribution in [0, 0.1) is 6.92 Å². The van der Waals surface area contributed by atoms with Crippen LogP contribution in [0.3, 0.4) is 0 Å². The smallest absolute Gasteiger partial charge is 0.0208 e. The van der Waals surface area contributed by atoms with E-state index in [9.17, 15) is 0 Å². The molecule has 0 spiro atoms. The van der Waals surface area contributed by atoms with Gasteiger partial charge in [0.05, 0.1) is 0 Å². The van der Waals surface area contributed by atoms with Crippen LogP contribution in [0.1, 0.15) is 36.8 Å². The normalized spacial score (nSPS) is 21.8. The van der Waals surface area contributed by atoms with Gasteiger partial charge >= 0.3 is 0 Å². The van der Waals surface area contributed by atoms with Gasteiger partial charge in [0.25, 0.3) is 0 Å². The molecule has 1 aliphatic heterocycles. The number of halogens is 1. The maximum atomic E-state index is 3.72. The van der Waals surface area contributed by atoms with Crippen LogP contribution in [0.2, 0.25) is 0 Å². The number of likely N-dealkylation sites (tertiary alicyclic amines) is 1. The number of nitrogens with one attached hydrogen (secondary N) is 1. The summed E-state index contributed by atoms with van der Waals surface area (Å²) in [7, 11) is 0. The molecule has 1 N–H and O–H groups in total. The highest BCUT2D eigenvalue weighted by Crippen LogP contribution is 2.29. The highest BCUT2D eigenvalue weighted by atomic mass is 79.9. The number of piperidine rings is 1. The third kappa shape index (κ3) is 3.59. The Hall–Kier alpha value is -0.380. The molecule has 1 saturated carbocycles. The predicted octanol–water partition coefficient (Wildman–Crippen LogP) is 3.47. The topological polar surface area (TPSA) is 15.3 Å². The van der Waals surface area contributed by atoms with Crippen molar-refractivity contribution in [2.45, 2.75) is 51.2 Å². The van der Waals surface area contributed by atoms with Crippen molar-refractivity contribution in [3.63, 3.8) is 0 Å². The van der Waals surface area contributed by atoms with Crippen molar-refractivity contribution in [2.24, 2.45) is 0 Å². The molecule has 1 aromatic rings. The molecule has 0 aromatic heterocycles. The lowest BCUT2D eigenvalue weighted by molar-refractivity contribution is 0.189. The summed E-state index contributed by atoms with van der Waals surface area (Å²) in [6, 6.07) is 8.29. The van der Waals surface area contributed by atoms with Gasteiger partial charge in [-0.1, -0.05) is 28.1 Å². The molecule has 2 nitrogen and oxygen atoms in total. The van der Waals surface area contributed by atoms with Crippen molar-refractivity contribution in [2.75, 3.05) is 13.1 Å². The number of aryl methyl sites for hydroxylation is 1. The van der Waals surface area contributed by atoms with Gasteiger partial charge in [-0.05, 0) is 62.9 Å². The first-order valence-electron chi connectivity index (χ1n) is 7.45. The minimum absolute atomic E-state index is 0.707. The van der Waals surface area contributed by atoms with Gasteiger partial charge in [-0.2, -0.15) is 0 Å². The van der Waals surface area contributed by atoms with Crippen molar-refractivity contribution in [1.29, 1.82) is 0 Å². The average Bonchev–Trinajstić information content (AvgIpc) is 3.25. The molecule has 19 heavy (non-hydrogen) atoms. The Balaban J connectivity index is 1.45. The number of hydrogen-bond donors (Lipinski definition) is 1. The van der Waals surface area contributed by atoms with E-state index in [1.807, 2.05) is 0 Å². The second-order valence-corrected chi connectivity index (χ2v) is 6.86. The van der Waals surface area contributed by atoms with Crippen LogP contribution in [0.5, 0.6) is 0 Å². The second-order valence-electron chi connectivity index (χ2n) is 6.01. The first kappa shape index (κ1) is 13.6. The Bertz CT molecular complexity index is 434. The number of nitrogens with zero attached hydrogens (tertiary/aromatic N) is 1. The zero-order valence-electron chi connectivity index (χ0n) is 11.7. The summed E-state index contributed by atoms with van der Waals surface area (Å²) in [4.78, 5) is 2.68. The molecular formula is C16H23BrN2. The Morgan fingerprint density at radius 2 is 1.95 bits per heavy atom. The van der Waals surface area contributed by atoms with Gasteiger partial charge < -0.3 is 10.2 Å². The number of benzene rings is 1. The monoisotopic (exact) mass is 322 g/mol. The average molecular weight is 323 g/mol. The molecule has 1 aromatic carbocycles. The quantitative estimate of drug-likeness (QED) is 0.913. The van der Waals surface area contributed by atoms with Crippen LogP contribution >= 0.6 is 15.9 Å². The fraction of sp³-hybridized carbons (Fsp3) is 0.625. The van der Waals surface area contributed by atoms with Gasteiger partial charge in [0.15, 0.2) is 0 Å². The van der Waals surface area contributed by atoms with Gasteiger partial charge in [-0.15, -0.1) is 0 Å². The van der Waals surface area contributed by atoms with Crippen LogP contribution in [0.4, 0.5) is 0 Å². The van der Waals surface area contributed by atoms with Gasteiger partial charge in [0.2, 0.25) is 0 Å². The molecule has 0 unspecified atom stereocenters. The fourth-order valence-corrected chi connectivity index (χ4v) is 3.23. The lowest BCUT2D eigenvalue weighted by Gasteiger charge is -2.32. The van der Waals surface area contributed by atoms with Crippen molar-refractivity contribution in [1.82, 2.24) is 10.2 Å². The molecule has 0 bridgehead atoms. The third-order valence-corrected chi connectivity index (χ3v) is 5.30. The highest BCUT2D eigenvalue weighted by molar-refractivity contribution is 9.10. The standard InChI is InChI=1S/C16H23BrN2/c1-12-10-13(2-5-16(12)17)11-18-14-6-8-19(9-7-14)15-3-4-15/h2,5,10,14-15,18H,3-4,6-9,11H2,1H3. The zero-order valence-corrected chi connectivity index (χ0v) is 13.2. The van der Waals surface area contributed by atoms with E-state index in [2.05, 4.69) is 51.3 Å². The summed E-state index contributed by atoms with van der Waals surface area (Å²) in [5.74, 6) is 0. The second kappa shape index (κ2) is 5.94. The molecule has 104 valence electrons. The summed E-state index contributed by atoms with van der Waals surface area (Å²) in [6.07, 6.45) is 5.50. The molecule has 1 aliphatic carbocycles. The summed E-state index contributed by atoms with van der Waals surface area (Å²) >= 11 is 3.56. The summed E-state index contributed by atoms with van der Waals surface area (Å²) in [5, 5.41) is 3.72. The van der Waals surface area contributed by atoms with Crippen LogP contribution in [0.25, 0.3) is 0 Å². The molecule has 3 rings (SSSR count). The van der Waals surface area contributed by atoms with Crippen molar-refractivity contribution in [3.8, 4) is 0 Å².